The van der Waals surface area contributed by atoms with Crippen LogP contribution in [0.3, 0.4) is 0 Å². The molecule has 0 bridgehead atoms. The quantitative estimate of drug-likeness (QED) is 0.782. The average molecular weight is 243 g/mol. The van der Waals surface area contributed by atoms with E-state index in [9.17, 15) is 4.39 Å². The van der Waals surface area contributed by atoms with Crippen LogP contribution in [0.15, 0.2) is 42.5 Å². The Balaban J connectivity index is 2.50. The molecule has 1 atom stereocenters. The number of rotatable bonds is 3. The number of aryl methyl sites for hydroxylation is 1. The maximum atomic E-state index is 14.0. The number of aromatic nitrogens is 1. The fourth-order valence-electron chi connectivity index (χ4n) is 2.32. The van der Waals surface area contributed by atoms with Gasteiger partial charge in [0.2, 0.25) is 0 Å². The summed E-state index contributed by atoms with van der Waals surface area (Å²) in [6.45, 7) is 6.16. The summed E-state index contributed by atoms with van der Waals surface area (Å²) < 4.78 is 14.0. The molecule has 0 amide bonds. The minimum absolute atomic E-state index is 0.00565. The number of hydrogen-bond acceptors (Lipinski definition) is 1. The Bertz CT molecular complexity index is 534. The standard InChI is InChI=1S/C16H18FN/c1-11(2)16(13-8-4-5-9-14(13)17)15-10-6-7-12(3)18-15/h4-11,16H,1-3H3. The average Bonchev–Trinajstić information content (AvgIpc) is 2.32. The summed E-state index contributed by atoms with van der Waals surface area (Å²) in [5.41, 5.74) is 2.63. The largest absolute Gasteiger partial charge is 0.258 e. The maximum Gasteiger partial charge on any atom is 0.127 e. The van der Waals surface area contributed by atoms with Crippen molar-refractivity contribution in [1.29, 1.82) is 0 Å². The van der Waals surface area contributed by atoms with E-state index >= 15 is 0 Å². The van der Waals surface area contributed by atoms with Crippen molar-refractivity contribution < 1.29 is 4.39 Å². The second kappa shape index (κ2) is 5.30. The fraction of sp³-hybridized carbons (Fsp3) is 0.312. The van der Waals surface area contributed by atoms with Gasteiger partial charge in [-0.15, -0.1) is 0 Å². The molecule has 0 aliphatic rings. The molecule has 2 heteroatoms. The van der Waals surface area contributed by atoms with Crippen LogP contribution in [0.1, 0.15) is 36.7 Å². The van der Waals surface area contributed by atoms with Gasteiger partial charge in [0.05, 0.1) is 0 Å². The molecule has 1 nitrogen and oxygen atoms in total. The molecule has 0 radical (unpaired) electrons. The van der Waals surface area contributed by atoms with Crippen molar-refractivity contribution in [3.63, 3.8) is 0 Å². The summed E-state index contributed by atoms with van der Waals surface area (Å²) in [6, 6.07) is 12.9. The van der Waals surface area contributed by atoms with Crippen LogP contribution in [0.25, 0.3) is 0 Å². The Morgan fingerprint density at radius 3 is 2.33 bits per heavy atom. The van der Waals surface area contributed by atoms with E-state index in [1.54, 1.807) is 6.07 Å². The van der Waals surface area contributed by atoms with Crippen molar-refractivity contribution in [2.24, 2.45) is 5.92 Å². The van der Waals surface area contributed by atoms with E-state index in [1.807, 2.05) is 37.3 Å². The van der Waals surface area contributed by atoms with Crippen molar-refractivity contribution in [1.82, 2.24) is 4.98 Å². The van der Waals surface area contributed by atoms with Gasteiger partial charge in [-0.25, -0.2) is 4.39 Å². The Kier molecular flexibility index (Phi) is 3.75. The number of hydrogen-bond donors (Lipinski definition) is 0. The summed E-state index contributed by atoms with van der Waals surface area (Å²) in [6.07, 6.45) is 0. The molecule has 1 unspecified atom stereocenters. The normalized spacial score (nSPS) is 12.7. The number of halogens is 1. The third-order valence-corrected chi connectivity index (χ3v) is 3.14. The predicted octanol–water partition coefficient (Wildman–Crippen LogP) is 4.32. The van der Waals surface area contributed by atoms with Gasteiger partial charge in [0, 0.05) is 17.3 Å². The van der Waals surface area contributed by atoms with Gasteiger partial charge in [0.15, 0.2) is 0 Å². The molecular formula is C16H18FN. The van der Waals surface area contributed by atoms with E-state index in [4.69, 9.17) is 0 Å². The highest BCUT2D eigenvalue weighted by Crippen LogP contribution is 2.32. The van der Waals surface area contributed by atoms with Crippen LogP contribution in [0.5, 0.6) is 0 Å². The zero-order valence-electron chi connectivity index (χ0n) is 11.0. The molecule has 0 spiro atoms. The van der Waals surface area contributed by atoms with Crippen molar-refractivity contribution in [2.75, 3.05) is 0 Å². The lowest BCUT2D eigenvalue weighted by atomic mass is 9.85. The first-order valence-electron chi connectivity index (χ1n) is 6.27. The molecule has 2 aromatic rings. The molecule has 0 fully saturated rings. The zero-order chi connectivity index (χ0) is 13.1. The highest BCUT2D eigenvalue weighted by atomic mass is 19.1. The molecular weight excluding hydrogens is 225 g/mol. The van der Waals surface area contributed by atoms with E-state index in [0.29, 0.717) is 5.92 Å². The molecule has 0 aliphatic carbocycles. The van der Waals surface area contributed by atoms with Crippen LogP contribution < -0.4 is 0 Å². The predicted molar refractivity (Wildman–Crippen MR) is 72.1 cm³/mol. The molecule has 0 saturated heterocycles. The van der Waals surface area contributed by atoms with E-state index in [2.05, 4.69) is 18.8 Å². The summed E-state index contributed by atoms with van der Waals surface area (Å²) in [5.74, 6) is 0.154. The lowest BCUT2D eigenvalue weighted by Gasteiger charge is -2.21. The summed E-state index contributed by atoms with van der Waals surface area (Å²) >= 11 is 0. The van der Waals surface area contributed by atoms with Crippen molar-refractivity contribution in [2.45, 2.75) is 26.7 Å². The first kappa shape index (κ1) is 12.7. The second-order valence-corrected chi connectivity index (χ2v) is 4.95. The topological polar surface area (TPSA) is 12.9 Å². The molecule has 94 valence electrons. The molecule has 0 saturated carbocycles. The SMILES string of the molecule is Cc1cccc(C(c2ccccc2F)C(C)C)n1. The Labute approximate surface area is 108 Å². The van der Waals surface area contributed by atoms with Crippen molar-refractivity contribution >= 4 is 0 Å². The van der Waals surface area contributed by atoms with Gasteiger partial charge in [-0.1, -0.05) is 38.1 Å². The first-order chi connectivity index (χ1) is 8.59. The van der Waals surface area contributed by atoms with Gasteiger partial charge >= 0.3 is 0 Å². The van der Waals surface area contributed by atoms with Gasteiger partial charge < -0.3 is 0 Å². The van der Waals surface area contributed by atoms with Gasteiger partial charge in [0.25, 0.3) is 0 Å². The van der Waals surface area contributed by atoms with Gasteiger partial charge in [0.1, 0.15) is 5.82 Å². The number of pyridine rings is 1. The Morgan fingerprint density at radius 1 is 1.00 bits per heavy atom. The molecule has 1 aromatic heterocycles. The maximum absolute atomic E-state index is 14.0. The smallest absolute Gasteiger partial charge is 0.127 e. The first-order valence-corrected chi connectivity index (χ1v) is 6.27. The Morgan fingerprint density at radius 2 is 1.72 bits per heavy atom. The molecule has 18 heavy (non-hydrogen) atoms. The van der Waals surface area contributed by atoms with Crippen molar-refractivity contribution in [3.8, 4) is 0 Å². The van der Waals surface area contributed by atoms with Gasteiger partial charge in [-0.3, -0.25) is 4.98 Å². The van der Waals surface area contributed by atoms with E-state index in [0.717, 1.165) is 17.0 Å². The van der Waals surface area contributed by atoms with Crippen molar-refractivity contribution in [3.05, 3.63) is 65.2 Å². The van der Waals surface area contributed by atoms with Crippen LogP contribution in [-0.2, 0) is 0 Å². The highest BCUT2D eigenvalue weighted by Gasteiger charge is 2.22. The zero-order valence-corrected chi connectivity index (χ0v) is 11.0. The van der Waals surface area contributed by atoms with Crippen LogP contribution in [0.4, 0.5) is 4.39 Å². The van der Waals surface area contributed by atoms with Crippen LogP contribution >= 0.6 is 0 Å². The molecule has 0 N–H and O–H groups in total. The fourth-order valence-corrected chi connectivity index (χ4v) is 2.32. The third-order valence-electron chi connectivity index (χ3n) is 3.14. The number of benzene rings is 1. The molecule has 1 heterocycles. The summed E-state index contributed by atoms with van der Waals surface area (Å²) in [5, 5.41) is 0. The molecule has 0 aliphatic heterocycles. The lowest BCUT2D eigenvalue weighted by molar-refractivity contribution is 0.515. The minimum atomic E-state index is -0.153. The Hall–Kier alpha value is -1.70. The van der Waals surface area contributed by atoms with E-state index in [1.165, 1.54) is 6.07 Å². The van der Waals surface area contributed by atoms with E-state index < -0.39 is 0 Å². The summed E-state index contributed by atoms with van der Waals surface area (Å²) in [4.78, 5) is 4.55. The van der Waals surface area contributed by atoms with E-state index in [-0.39, 0.29) is 11.7 Å². The van der Waals surface area contributed by atoms with Crippen LogP contribution in [0.2, 0.25) is 0 Å². The third kappa shape index (κ3) is 2.58. The number of nitrogens with zero attached hydrogens (tertiary/aromatic N) is 1. The van der Waals surface area contributed by atoms with Crippen LogP contribution in [-0.4, -0.2) is 4.98 Å². The lowest BCUT2D eigenvalue weighted by Crippen LogP contribution is -2.12. The monoisotopic (exact) mass is 243 g/mol. The van der Waals surface area contributed by atoms with Gasteiger partial charge in [-0.2, -0.15) is 0 Å². The summed E-state index contributed by atoms with van der Waals surface area (Å²) in [7, 11) is 0. The second-order valence-electron chi connectivity index (χ2n) is 4.95. The molecule has 2 rings (SSSR count). The highest BCUT2D eigenvalue weighted by molar-refractivity contribution is 5.31. The minimum Gasteiger partial charge on any atom is -0.258 e. The molecule has 1 aromatic carbocycles. The van der Waals surface area contributed by atoms with Crippen LogP contribution in [0, 0.1) is 18.7 Å². The van der Waals surface area contributed by atoms with Gasteiger partial charge in [-0.05, 0) is 36.6 Å².